The summed E-state index contributed by atoms with van der Waals surface area (Å²) in [5, 5.41) is 0. The Bertz CT molecular complexity index is 320. The number of hydrogen-bond donors (Lipinski definition) is 1. The Morgan fingerprint density at radius 2 is 2.33 bits per heavy atom. The topological polar surface area (TPSA) is 42.2 Å². The smallest absolute Gasteiger partial charge is 0.0447 e. The summed E-state index contributed by atoms with van der Waals surface area (Å²) in [6, 6.07) is 2.43. The van der Waals surface area contributed by atoms with E-state index in [1.54, 1.807) is 6.20 Å². The van der Waals surface area contributed by atoms with Crippen LogP contribution in [0.4, 0.5) is 5.69 Å². The molecular formula is C12H19N3. The van der Waals surface area contributed by atoms with Crippen LogP contribution in [0.25, 0.3) is 0 Å². The molecule has 2 N–H and O–H groups in total. The largest absolute Gasteiger partial charge is 0.365 e. The van der Waals surface area contributed by atoms with Crippen LogP contribution >= 0.6 is 0 Å². The summed E-state index contributed by atoms with van der Waals surface area (Å²) in [7, 11) is 0. The van der Waals surface area contributed by atoms with Crippen molar-refractivity contribution in [3.63, 3.8) is 0 Å². The number of rotatable bonds is 5. The van der Waals surface area contributed by atoms with Crippen molar-refractivity contribution in [3.05, 3.63) is 36.7 Å². The molecule has 3 nitrogen and oxygen atoms in total. The molecule has 0 spiro atoms. The first kappa shape index (κ1) is 11.7. The minimum absolute atomic E-state index is 0.427. The molecule has 0 aliphatic carbocycles. The molecule has 1 heterocycles. The predicted molar refractivity (Wildman–Crippen MR) is 64.8 cm³/mol. The maximum atomic E-state index is 5.69. The van der Waals surface area contributed by atoms with E-state index in [4.69, 9.17) is 5.73 Å². The second-order valence-corrected chi connectivity index (χ2v) is 3.74. The van der Waals surface area contributed by atoms with E-state index in [2.05, 4.69) is 30.3 Å². The lowest BCUT2D eigenvalue weighted by molar-refractivity contribution is 0.717. The van der Waals surface area contributed by atoms with Crippen molar-refractivity contribution in [1.82, 2.24) is 4.98 Å². The van der Waals surface area contributed by atoms with Gasteiger partial charge in [-0.1, -0.05) is 6.08 Å². The van der Waals surface area contributed by atoms with Crippen LogP contribution in [0.2, 0.25) is 0 Å². The highest BCUT2D eigenvalue weighted by Gasteiger charge is 2.11. The summed E-state index contributed by atoms with van der Waals surface area (Å²) in [5.74, 6) is 0. The summed E-state index contributed by atoms with van der Waals surface area (Å²) in [4.78, 5) is 6.35. The van der Waals surface area contributed by atoms with E-state index in [1.165, 1.54) is 0 Å². The monoisotopic (exact) mass is 205 g/mol. The van der Waals surface area contributed by atoms with Gasteiger partial charge in [-0.05, 0) is 19.9 Å². The molecular weight excluding hydrogens is 186 g/mol. The molecule has 1 aromatic rings. The third kappa shape index (κ3) is 2.80. The second kappa shape index (κ2) is 5.51. The number of nitrogens with two attached hydrogens (primary N) is 1. The molecule has 0 saturated heterocycles. The van der Waals surface area contributed by atoms with Crippen molar-refractivity contribution in [3.8, 4) is 0 Å². The van der Waals surface area contributed by atoms with Crippen LogP contribution in [0.1, 0.15) is 19.4 Å². The first-order valence-electron chi connectivity index (χ1n) is 5.21. The zero-order chi connectivity index (χ0) is 11.3. The fourth-order valence-corrected chi connectivity index (χ4v) is 1.58. The third-order valence-corrected chi connectivity index (χ3v) is 2.36. The lowest BCUT2D eigenvalue weighted by Crippen LogP contribution is -2.32. The van der Waals surface area contributed by atoms with Gasteiger partial charge in [-0.15, -0.1) is 6.58 Å². The van der Waals surface area contributed by atoms with E-state index < -0.39 is 0 Å². The van der Waals surface area contributed by atoms with Gasteiger partial charge in [0.1, 0.15) is 0 Å². The molecule has 0 radical (unpaired) electrons. The van der Waals surface area contributed by atoms with Gasteiger partial charge < -0.3 is 10.6 Å². The fraction of sp³-hybridized carbons (Fsp3) is 0.417. The van der Waals surface area contributed by atoms with Crippen LogP contribution in [0, 0.1) is 0 Å². The summed E-state index contributed by atoms with van der Waals surface area (Å²) in [6.07, 6.45) is 5.53. The minimum atomic E-state index is 0.427. The van der Waals surface area contributed by atoms with E-state index in [1.807, 2.05) is 18.3 Å². The summed E-state index contributed by atoms with van der Waals surface area (Å²) in [5.41, 5.74) is 7.92. The fourth-order valence-electron chi connectivity index (χ4n) is 1.58. The third-order valence-electron chi connectivity index (χ3n) is 2.36. The zero-order valence-electron chi connectivity index (χ0n) is 9.48. The highest BCUT2D eigenvalue weighted by atomic mass is 15.2. The Kier molecular flexibility index (Phi) is 4.31. The highest BCUT2D eigenvalue weighted by molar-refractivity contribution is 5.53. The summed E-state index contributed by atoms with van der Waals surface area (Å²) in [6.45, 7) is 9.43. The van der Waals surface area contributed by atoms with E-state index in [-0.39, 0.29) is 0 Å². The van der Waals surface area contributed by atoms with Crippen LogP contribution in [-0.4, -0.2) is 17.6 Å². The number of hydrogen-bond acceptors (Lipinski definition) is 3. The number of pyridine rings is 1. The van der Waals surface area contributed by atoms with Crippen molar-refractivity contribution in [1.29, 1.82) is 0 Å². The van der Waals surface area contributed by atoms with Crippen LogP contribution < -0.4 is 10.6 Å². The van der Waals surface area contributed by atoms with Crippen molar-refractivity contribution in [2.45, 2.75) is 26.4 Å². The zero-order valence-corrected chi connectivity index (χ0v) is 9.48. The van der Waals surface area contributed by atoms with Crippen molar-refractivity contribution < 1.29 is 0 Å². The first-order valence-corrected chi connectivity index (χ1v) is 5.21. The van der Waals surface area contributed by atoms with E-state index in [9.17, 15) is 0 Å². The highest BCUT2D eigenvalue weighted by Crippen LogP contribution is 2.20. The van der Waals surface area contributed by atoms with Crippen LogP contribution in [-0.2, 0) is 6.54 Å². The van der Waals surface area contributed by atoms with Gasteiger partial charge in [0.2, 0.25) is 0 Å². The summed E-state index contributed by atoms with van der Waals surface area (Å²) < 4.78 is 0. The molecule has 0 aromatic carbocycles. The Hall–Kier alpha value is -1.35. The van der Waals surface area contributed by atoms with Gasteiger partial charge in [0.15, 0.2) is 0 Å². The van der Waals surface area contributed by atoms with Gasteiger partial charge in [0, 0.05) is 42.8 Å². The minimum Gasteiger partial charge on any atom is -0.365 e. The van der Waals surface area contributed by atoms with Gasteiger partial charge in [-0.25, -0.2) is 0 Å². The predicted octanol–water partition coefficient (Wildman–Crippen LogP) is 1.94. The average molecular weight is 205 g/mol. The average Bonchev–Trinajstić information content (AvgIpc) is 2.25. The van der Waals surface area contributed by atoms with E-state index in [0.29, 0.717) is 12.6 Å². The Balaban J connectivity index is 3.03. The van der Waals surface area contributed by atoms with Gasteiger partial charge in [-0.2, -0.15) is 0 Å². The molecule has 0 bridgehead atoms. The van der Waals surface area contributed by atoms with Crippen molar-refractivity contribution in [2.24, 2.45) is 5.73 Å². The molecule has 1 rings (SSSR count). The molecule has 0 aliphatic heterocycles. The standard InChI is InChI=1S/C12H19N3/c1-4-7-15(10(2)3)12-5-6-14-9-11(12)8-13/h4-6,9-10H,1,7-8,13H2,2-3H3. The number of anilines is 1. The van der Waals surface area contributed by atoms with Crippen LogP contribution in [0.15, 0.2) is 31.1 Å². The SMILES string of the molecule is C=CCN(c1ccncc1CN)C(C)C. The van der Waals surface area contributed by atoms with E-state index in [0.717, 1.165) is 17.8 Å². The lowest BCUT2D eigenvalue weighted by Gasteiger charge is -2.29. The molecule has 0 saturated carbocycles. The van der Waals surface area contributed by atoms with Gasteiger partial charge in [0.05, 0.1) is 0 Å². The van der Waals surface area contributed by atoms with Crippen molar-refractivity contribution >= 4 is 5.69 Å². The van der Waals surface area contributed by atoms with E-state index >= 15 is 0 Å². The molecule has 0 aliphatic rings. The number of nitrogens with zero attached hydrogens (tertiary/aromatic N) is 2. The number of aromatic nitrogens is 1. The molecule has 0 unspecified atom stereocenters. The molecule has 0 fully saturated rings. The van der Waals surface area contributed by atoms with Crippen molar-refractivity contribution in [2.75, 3.05) is 11.4 Å². The second-order valence-electron chi connectivity index (χ2n) is 3.74. The molecule has 0 amide bonds. The van der Waals surface area contributed by atoms with Crippen LogP contribution in [0.3, 0.4) is 0 Å². The summed E-state index contributed by atoms with van der Waals surface area (Å²) >= 11 is 0. The maximum Gasteiger partial charge on any atom is 0.0447 e. The Morgan fingerprint density at radius 1 is 1.60 bits per heavy atom. The normalized spacial score (nSPS) is 10.4. The molecule has 3 heteroatoms. The van der Waals surface area contributed by atoms with Crippen LogP contribution in [0.5, 0.6) is 0 Å². The molecule has 0 atom stereocenters. The van der Waals surface area contributed by atoms with Gasteiger partial charge in [-0.3, -0.25) is 4.98 Å². The molecule has 15 heavy (non-hydrogen) atoms. The van der Waals surface area contributed by atoms with Gasteiger partial charge >= 0.3 is 0 Å². The Labute approximate surface area is 91.6 Å². The maximum absolute atomic E-state index is 5.69. The quantitative estimate of drug-likeness (QED) is 0.747. The van der Waals surface area contributed by atoms with Gasteiger partial charge in [0.25, 0.3) is 0 Å². The lowest BCUT2D eigenvalue weighted by atomic mass is 10.2. The molecule has 1 aromatic heterocycles. The molecule has 82 valence electrons. The first-order chi connectivity index (χ1) is 7.20. The Morgan fingerprint density at radius 3 is 2.87 bits per heavy atom.